The van der Waals surface area contributed by atoms with Crippen LogP contribution < -0.4 is 5.73 Å². The summed E-state index contributed by atoms with van der Waals surface area (Å²) in [5.41, 5.74) is 6.69. The number of rotatable bonds is 2. The molecule has 2 N–H and O–H groups in total. The molecule has 88 valence electrons. The molecule has 0 amide bonds. The van der Waals surface area contributed by atoms with Crippen LogP contribution in [0.1, 0.15) is 12.5 Å². The van der Waals surface area contributed by atoms with Gasteiger partial charge in [0.25, 0.3) is 0 Å². The van der Waals surface area contributed by atoms with Crippen LogP contribution in [0.4, 0.5) is 5.82 Å². The van der Waals surface area contributed by atoms with Gasteiger partial charge in [-0.05, 0) is 18.6 Å². The summed E-state index contributed by atoms with van der Waals surface area (Å²) in [6, 6.07) is 4.14. The summed E-state index contributed by atoms with van der Waals surface area (Å²) in [5, 5.41) is 0. The van der Waals surface area contributed by atoms with Crippen molar-refractivity contribution in [3.63, 3.8) is 0 Å². The van der Waals surface area contributed by atoms with Gasteiger partial charge >= 0.3 is 0 Å². The van der Waals surface area contributed by atoms with Crippen molar-refractivity contribution >= 4 is 5.82 Å². The number of hydrogen-bond donors (Lipinski definition) is 1. The lowest BCUT2D eigenvalue weighted by Gasteiger charge is -2.13. The molecule has 0 radical (unpaired) electrons. The van der Waals surface area contributed by atoms with E-state index in [1.165, 1.54) is 0 Å². The van der Waals surface area contributed by atoms with E-state index in [1.54, 1.807) is 6.20 Å². The lowest BCUT2D eigenvalue weighted by Crippen LogP contribution is -2.09. The second-order valence-corrected chi connectivity index (χ2v) is 4.14. The maximum absolute atomic E-state index is 5.70. The lowest BCUT2D eigenvalue weighted by atomic mass is 10.2. The van der Waals surface area contributed by atoms with Crippen LogP contribution in [0.2, 0.25) is 0 Å². The number of imidazole rings is 1. The van der Waals surface area contributed by atoms with Crippen LogP contribution in [-0.4, -0.2) is 27.7 Å². The second-order valence-electron chi connectivity index (χ2n) is 4.14. The van der Waals surface area contributed by atoms with Crippen LogP contribution in [0.25, 0.3) is 11.4 Å². The van der Waals surface area contributed by atoms with Gasteiger partial charge in [-0.1, -0.05) is 0 Å². The summed E-state index contributed by atoms with van der Waals surface area (Å²) < 4.78 is 7.56. The Kier molecular flexibility index (Phi) is 2.53. The standard InChI is InChI=1S/C12H14N4O/c13-11-7-9(1-3-14-11)12-15-4-5-16(12)10-2-6-17-8-10/h1,3-5,7,10H,2,6,8H2,(H2,13,14). The molecular formula is C12H14N4O. The number of nitrogens with zero attached hydrogens (tertiary/aromatic N) is 3. The van der Waals surface area contributed by atoms with E-state index in [1.807, 2.05) is 24.5 Å². The third-order valence-electron chi connectivity index (χ3n) is 3.01. The Morgan fingerprint density at radius 2 is 2.29 bits per heavy atom. The number of nitrogens with two attached hydrogens (primary N) is 1. The molecule has 5 heteroatoms. The summed E-state index contributed by atoms with van der Waals surface area (Å²) in [6.07, 6.45) is 6.54. The van der Waals surface area contributed by atoms with E-state index < -0.39 is 0 Å². The SMILES string of the molecule is Nc1cc(-c2nccn2C2CCOC2)ccn1. The molecule has 0 bridgehead atoms. The first-order chi connectivity index (χ1) is 8.34. The Hall–Kier alpha value is -1.88. The Balaban J connectivity index is 2.00. The molecule has 3 heterocycles. The second kappa shape index (κ2) is 4.18. The van der Waals surface area contributed by atoms with E-state index in [0.29, 0.717) is 11.9 Å². The van der Waals surface area contributed by atoms with Gasteiger partial charge in [0.15, 0.2) is 0 Å². The van der Waals surface area contributed by atoms with Crippen molar-refractivity contribution in [3.05, 3.63) is 30.7 Å². The fourth-order valence-electron chi connectivity index (χ4n) is 2.16. The topological polar surface area (TPSA) is 66.0 Å². The van der Waals surface area contributed by atoms with E-state index in [-0.39, 0.29) is 0 Å². The quantitative estimate of drug-likeness (QED) is 0.848. The van der Waals surface area contributed by atoms with Crippen molar-refractivity contribution in [2.45, 2.75) is 12.5 Å². The van der Waals surface area contributed by atoms with Gasteiger partial charge in [0.1, 0.15) is 11.6 Å². The fourth-order valence-corrected chi connectivity index (χ4v) is 2.16. The summed E-state index contributed by atoms with van der Waals surface area (Å²) >= 11 is 0. The molecule has 0 spiro atoms. The van der Waals surface area contributed by atoms with Crippen molar-refractivity contribution in [1.29, 1.82) is 0 Å². The molecule has 0 aromatic carbocycles. The normalized spacial score (nSPS) is 19.6. The molecule has 2 aromatic heterocycles. The van der Waals surface area contributed by atoms with Crippen LogP contribution in [0.3, 0.4) is 0 Å². The Morgan fingerprint density at radius 1 is 1.35 bits per heavy atom. The minimum atomic E-state index is 0.377. The maximum atomic E-state index is 5.70. The van der Waals surface area contributed by atoms with E-state index in [2.05, 4.69) is 14.5 Å². The maximum Gasteiger partial charge on any atom is 0.140 e. The van der Waals surface area contributed by atoms with Gasteiger partial charge in [0.2, 0.25) is 0 Å². The van der Waals surface area contributed by atoms with Gasteiger partial charge in [-0.25, -0.2) is 9.97 Å². The van der Waals surface area contributed by atoms with Crippen molar-refractivity contribution in [1.82, 2.24) is 14.5 Å². The minimum Gasteiger partial charge on any atom is -0.384 e. The molecule has 2 aromatic rings. The highest BCUT2D eigenvalue weighted by Crippen LogP contribution is 2.26. The Labute approximate surface area is 99.3 Å². The van der Waals surface area contributed by atoms with Gasteiger partial charge in [0.05, 0.1) is 12.6 Å². The zero-order valence-corrected chi connectivity index (χ0v) is 9.41. The van der Waals surface area contributed by atoms with Crippen LogP contribution in [0.5, 0.6) is 0 Å². The lowest BCUT2D eigenvalue weighted by molar-refractivity contribution is 0.187. The predicted octanol–water partition coefficient (Wildman–Crippen LogP) is 1.49. The predicted molar refractivity (Wildman–Crippen MR) is 64.3 cm³/mol. The van der Waals surface area contributed by atoms with Gasteiger partial charge in [-0.15, -0.1) is 0 Å². The number of hydrogen-bond acceptors (Lipinski definition) is 4. The van der Waals surface area contributed by atoms with Gasteiger partial charge in [-0.2, -0.15) is 0 Å². The van der Waals surface area contributed by atoms with E-state index in [0.717, 1.165) is 31.0 Å². The first-order valence-electron chi connectivity index (χ1n) is 5.67. The highest BCUT2D eigenvalue weighted by Gasteiger charge is 2.20. The fraction of sp³-hybridized carbons (Fsp3) is 0.333. The van der Waals surface area contributed by atoms with Crippen molar-refractivity contribution in [2.24, 2.45) is 0 Å². The zero-order chi connectivity index (χ0) is 11.7. The minimum absolute atomic E-state index is 0.377. The van der Waals surface area contributed by atoms with Gasteiger partial charge in [-0.3, -0.25) is 0 Å². The molecule has 1 aliphatic rings. The average Bonchev–Trinajstić information content (AvgIpc) is 3.00. The third-order valence-corrected chi connectivity index (χ3v) is 3.01. The van der Waals surface area contributed by atoms with E-state index >= 15 is 0 Å². The Morgan fingerprint density at radius 3 is 3.06 bits per heavy atom. The number of nitrogen functional groups attached to an aromatic ring is 1. The highest BCUT2D eigenvalue weighted by molar-refractivity contribution is 5.59. The monoisotopic (exact) mass is 230 g/mol. The van der Waals surface area contributed by atoms with E-state index in [4.69, 9.17) is 10.5 Å². The van der Waals surface area contributed by atoms with Crippen LogP contribution in [-0.2, 0) is 4.74 Å². The number of pyridine rings is 1. The van der Waals surface area contributed by atoms with Gasteiger partial charge < -0.3 is 15.0 Å². The smallest absolute Gasteiger partial charge is 0.140 e. The molecule has 1 aliphatic heterocycles. The van der Waals surface area contributed by atoms with Crippen molar-refractivity contribution in [3.8, 4) is 11.4 Å². The molecule has 5 nitrogen and oxygen atoms in total. The largest absolute Gasteiger partial charge is 0.384 e. The molecule has 17 heavy (non-hydrogen) atoms. The molecule has 1 fully saturated rings. The first kappa shape index (κ1) is 10.3. The third kappa shape index (κ3) is 1.89. The molecule has 0 saturated carbocycles. The summed E-state index contributed by atoms with van der Waals surface area (Å²) in [5.74, 6) is 1.44. The average molecular weight is 230 g/mol. The van der Waals surface area contributed by atoms with E-state index in [9.17, 15) is 0 Å². The summed E-state index contributed by atoms with van der Waals surface area (Å²) in [6.45, 7) is 1.57. The summed E-state index contributed by atoms with van der Waals surface area (Å²) in [7, 11) is 0. The van der Waals surface area contributed by atoms with Crippen molar-refractivity contribution < 1.29 is 4.74 Å². The molecule has 1 saturated heterocycles. The number of aromatic nitrogens is 3. The van der Waals surface area contributed by atoms with Crippen molar-refractivity contribution in [2.75, 3.05) is 18.9 Å². The van der Waals surface area contributed by atoms with Gasteiger partial charge in [0, 0.05) is 30.8 Å². The molecule has 1 unspecified atom stereocenters. The molecule has 3 rings (SSSR count). The number of anilines is 1. The Bertz CT molecular complexity index is 517. The van der Waals surface area contributed by atoms with Crippen LogP contribution >= 0.6 is 0 Å². The number of ether oxygens (including phenoxy) is 1. The zero-order valence-electron chi connectivity index (χ0n) is 9.41. The molecule has 0 aliphatic carbocycles. The highest BCUT2D eigenvalue weighted by atomic mass is 16.5. The summed E-state index contributed by atoms with van der Waals surface area (Å²) in [4.78, 5) is 8.39. The van der Waals surface area contributed by atoms with Crippen LogP contribution in [0, 0.1) is 0 Å². The molecular weight excluding hydrogens is 216 g/mol. The van der Waals surface area contributed by atoms with Crippen LogP contribution in [0.15, 0.2) is 30.7 Å². The first-order valence-corrected chi connectivity index (χ1v) is 5.67. The molecule has 1 atom stereocenters.